The smallest absolute Gasteiger partial charge is 0.416 e. The van der Waals surface area contributed by atoms with E-state index in [1.165, 1.54) is 29.6 Å². The molecule has 3 aromatic carbocycles. The number of esters is 1. The number of nitrogens with zero attached hydrogens (tertiary/aromatic N) is 3. The van der Waals surface area contributed by atoms with Crippen LogP contribution in [0.3, 0.4) is 0 Å². The minimum Gasteiger partial charge on any atom is -0.463 e. The summed E-state index contributed by atoms with van der Waals surface area (Å²) >= 11 is 15.0. The van der Waals surface area contributed by atoms with Crippen molar-refractivity contribution in [3.63, 3.8) is 0 Å². The van der Waals surface area contributed by atoms with Crippen molar-refractivity contribution in [2.45, 2.75) is 39.5 Å². The number of rotatable bonds is 10. The molecule has 1 saturated heterocycles. The molecule has 0 aromatic heterocycles. The highest BCUT2D eigenvalue weighted by Crippen LogP contribution is 2.49. The van der Waals surface area contributed by atoms with Crippen molar-refractivity contribution >= 4 is 64.1 Å². The number of thioether (sulfide) groups is 1. The molecule has 0 amide bonds. The monoisotopic (exact) mass is 669 g/mol. The summed E-state index contributed by atoms with van der Waals surface area (Å²) in [6.07, 6.45) is -3.57. The number of piperazine rings is 1. The van der Waals surface area contributed by atoms with Gasteiger partial charge in [-0.1, -0.05) is 47.1 Å². The second kappa shape index (κ2) is 14.3. The third-order valence-corrected chi connectivity index (χ3v) is 10.4. The number of ether oxygens (including phenoxy) is 1. The lowest BCUT2D eigenvalue weighted by atomic mass is 10.1. The van der Waals surface area contributed by atoms with Gasteiger partial charge in [-0.2, -0.15) is 13.2 Å². The molecule has 0 N–H and O–H groups in total. The van der Waals surface area contributed by atoms with E-state index in [4.69, 9.17) is 27.9 Å². The molecule has 1 atom stereocenters. The molecule has 1 fully saturated rings. The normalized spacial score (nSPS) is 16.5. The van der Waals surface area contributed by atoms with Gasteiger partial charge in [0.05, 0.1) is 22.0 Å². The SMILES string of the molecule is CC(Sc1ccc(Cl)cc1Cl)C(=O)OCCN1CCN(CCCN2c3ccccc3Sc3ccc(C(F)(F)F)cc32)CC1. The van der Waals surface area contributed by atoms with Gasteiger partial charge >= 0.3 is 12.1 Å². The predicted octanol–water partition coefficient (Wildman–Crippen LogP) is 8.35. The van der Waals surface area contributed by atoms with Gasteiger partial charge in [0, 0.05) is 59.0 Å². The molecule has 5 rings (SSSR count). The Morgan fingerprint density at radius 2 is 1.63 bits per heavy atom. The van der Waals surface area contributed by atoms with Crippen LogP contribution in [-0.2, 0) is 15.7 Å². The van der Waals surface area contributed by atoms with Gasteiger partial charge in [-0.25, -0.2) is 0 Å². The van der Waals surface area contributed by atoms with Crippen LogP contribution in [-0.4, -0.2) is 73.4 Å². The number of anilines is 2. The fourth-order valence-corrected chi connectivity index (χ4v) is 7.62. The predicted molar refractivity (Wildman–Crippen MR) is 169 cm³/mol. The topological polar surface area (TPSA) is 36.0 Å². The summed E-state index contributed by atoms with van der Waals surface area (Å²) in [4.78, 5) is 21.9. The Bertz CT molecular complexity index is 1440. The molecule has 2 heterocycles. The molecule has 2 aliphatic heterocycles. The Hall–Kier alpha value is -2.08. The number of hydrogen-bond acceptors (Lipinski definition) is 7. The van der Waals surface area contributed by atoms with Crippen LogP contribution in [0.1, 0.15) is 18.9 Å². The Labute approximate surface area is 268 Å². The second-order valence-corrected chi connectivity index (χ2v) is 13.8. The van der Waals surface area contributed by atoms with Gasteiger partial charge in [0.15, 0.2) is 0 Å². The zero-order valence-electron chi connectivity index (χ0n) is 23.6. The first-order valence-corrected chi connectivity index (χ1v) is 16.5. The number of carbonyl (C=O) groups is 1. The molecule has 1 unspecified atom stereocenters. The van der Waals surface area contributed by atoms with Gasteiger partial charge in [-0.05, 0) is 68.4 Å². The van der Waals surface area contributed by atoms with E-state index in [-0.39, 0.29) is 5.97 Å². The number of para-hydroxylation sites is 1. The fraction of sp³-hybridized carbons (Fsp3) is 0.387. The van der Waals surface area contributed by atoms with Crippen LogP contribution in [0.15, 0.2) is 75.4 Å². The van der Waals surface area contributed by atoms with Gasteiger partial charge in [0.1, 0.15) is 11.9 Å². The van der Waals surface area contributed by atoms with Gasteiger partial charge < -0.3 is 14.5 Å². The molecular formula is C31H32Cl2F3N3O2S2. The molecule has 0 radical (unpaired) electrons. The average molecular weight is 671 g/mol. The molecule has 0 spiro atoms. The van der Waals surface area contributed by atoms with E-state index in [2.05, 4.69) is 9.80 Å². The highest BCUT2D eigenvalue weighted by Gasteiger charge is 2.33. The average Bonchev–Trinajstić information content (AvgIpc) is 2.98. The van der Waals surface area contributed by atoms with Crippen LogP contribution in [0, 0.1) is 0 Å². The lowest BCUT2D eigenvalue weighted by molar-refractivity contribution is -0.143. The summed E-state index contributed by atoms with van der Waals surface area (Å²) in [6.45, 7) is 7.76. The van der Waals surface area contributed by atoms with Crippen LogP contribution < -0.4 is 4.90 Å². The first-order chi connectivity index (χ1) is 20.6. The molecule has 2 aliphatic rings. The van der Waals surface area contributed by atoms with Crippen molar-refractivity contribution in [3.05, 3.63) is 76.3 Å². The highest BCUT2D eigenvalue weighted by atomic mass is 35.5. The highest BCUT2D eigenvalue weighted by molar-refractivity contribution is 8.00. The molecule has 12 heteroatoms. The lowest BCUT2D eigenvalue weighted by Crippen LogP contribution is -2.47. The van der Waals surface area contributed by atoms with Crippen molar-refractivity contribution in [3.8, 4) is 0 Å². The number of fused-ring (bicyclic) bond motifs is 2. The van der Waals surface area contributed by atoms with E-state index in [0.29, 0.717) is 35.4 Å². The Kier molecular flexibility index (Phi) is 10.8. The van der Waals surface area contributed by atoms with Gasteiger partial charge in [-0.15, -0.1) is 11.8 Å². The van der Waals surface area contributed by atoms with E-state index in [0.717, 1.165) is 65.6 Å². The van der Waals surface area contributed by atoms with Crippen LogP contribution in [0.25, 0.3) is 0 Å². The number of alkyl halides is 3. The lowest BCUT2D eigenvalue weighted by Gasteiger charge is -2.36. The third-order valence-electron chi connectivity index (χ3n) is 7.46. The Morgan fingerprint density at radius 1 is 0.930 bits per heavy atom. The minimum atomic E-state index is -4.39. The standard InChI is InChI=1S/C31H32Cl2F3N3O2S2/c1-21(42-27-10-8-23(32)20-24(27)33)30(40)41-18-17-38-15-13-37(14-16-38)11-4-12-39-25-5-2-3-6-28(25)43-29-9-7-22(19-26(29)39)31(34,35)36/h2-3,5-10,19-21H,4,11-18H2,1H3. The van der Waals surface area contributed by atoms with E-state index in [1.54, 1.807) is 31.2 Å². The van der Waals surface area contributed by atoms with Gasteiger partial charge in [0.25, 0.3) is 0 Å². The van der Waals surface area contributed by atoms with Crippen molar-refractivity contribution < 1.29 is 22.7 Å². The van der Waals surface area contributed by atoms with Crippen molar-refractivity contribution in [1.29, 1.82) is 0 Å². The van der Waals surface area contributed by atoms with Crippen LogP contribution >= 0.6 is 46.7 Å². The zero-order chi connectivity index (χ0) is 30.6. The molecule has 0 bridgehead atoms. The number of halogens is 5. The first kappa shape index (κ1) is 32.3. The van der Waals surface area contributed by atoms with E-state index in [1.807, 2.05) is 29.2 Å². The molecule has 5 nitrogen and oxygen atoms in total. The summed E-state index contributed by atoms with van der Waals surface area (Å²) in [7, 11) is 0. The van der Waals surface area contributed by atoms with E-state index in [9.17, 15) is 18.0 Å². The Balaban J connectivity index is 1.06. The summed E-state index contributed by atoms with van der Waals surface area (Å²) in [5.41, 5.74) is 0.932. The van der Waals surface area contributed by atoms with Crippen LogP contribution in [0.2, 0.25) is 10.0 Å². The van der Waals surface area contributed by atoms with Crippen molar-refractivity contribution in [2.24, 2.45) is 0 Å². The molecule has 0 saturated carbocycles. The maximum absolute atomic E-state index is 13.5. The van der Waals surface area contributed by atoms with Gasteiger partial charge in [0.2, 0.25) is 0 Å². The van der Waals surface area contributed by atoms with Gasteiger partial charge in [-0.3, -0.25) is 9.69 Å². The summed E-state index contributed by atoms with van der Waals surface area (Å²) < 4.78 is 46.0. The maximum atomic E-state index is 13.5. The summed E-state index contributed by atoms with van der Waals surface area (Å²) in [5.74, 6) is -0.281. The van der Waals surface area contributed by atoms with E-state index < -0.39 is 17.0 Å². The zero-order valence-corrected chi connectivity index (χ0v) is 26.7. The fourth-order valence-electron chi connectivity index (χ4n) is 5.14. The minimum absolute atomic E-state index is 0.281. The number of benzene rings is 3. The second-order valence-electron chi connectivity index (χ2n) is 10.4. The summed E-state index contributed by atoms with van der Waals surface area (Å²) in [5, 5.41) is 0.661. The van der Waals surface area contributed by atoms with Crippen molar-refractivity contribution in [2.75, 3.05) is 57.3 Å². The van der Waals surface area contributed by atoms with Crippen LogP contribution in [0.5, 0.6) is 0 Å². The quantitative estimate of drug-likeness (QED) is 0.159. The van der Waals surface area contributed by atoms with Crippen LogP contribution in [0.4, 0.5) is 24.5 Å². The molecule has 0 aliphatic carbocycles. The number of hydrogen-bond donors (Lipinski definition) is 0. The summed E-state index contributed by atoms with van der Waals surface area (Å²) in [6, 6.07) is 17.1. The maximum Gasteiger partial charge on any atom is 0.416 e. The van der Waals surface area contributed by atoms with Crippen molar-refractivity contribution in [1.82, 2.24) is 9.80 Å². The first-order valence-electron chi connectivity index (χ1n) is 14.1. The largest absolute Gasteiger partial charge is 0.463 e. The van der Waals surface area contributed by atoms with E-state index >= 15 is 0 Å². The molecule has 3 aromatic rings. The molecule has 230 valence electrons. The molecule has 43 heavy (non-hydrogen) atoms. The Morgan fingerprint density at radius 3 is 2.35 bits per heavy atom. The number of carbonyl (C=O) groups excluding carboxylic acids is 1. The third kappa shape index (κ3) is 8.35. The molecular weight excluding hydrogens is 638 g/mol.